The van der Waals surface area contributed by atoms with Crippen molar-refractivity contribution in [2.24, 2.45) is 0 Å². The third kappa shape index (κ3) is 5.62. The molecule has 4 nitrogen and oxygen atoms in total. The molecular formula is C25H18Cl2N2O2S. The van der Waals surface area contributed by atoms with Gasteiger partial charge in [0.15, 0.2) is 0 Å². The molecule has 160 valence electrons. The molecule has 2 N–H and O–H groups in total. The summed E-state index contributed by atoms with van der Waals surface area (Å²) in [5.41, 5.74) is 1.75. The van der Waals surface area contributed by atoms with E-state index < -0.39 is 0 Å². The summed E-state index contributed by atoms with van der Waals surface area (Å²) in [6, 6.07) is 25.9. The van der Waals surface area contributed by atoms with Gasteiger partial charge in [0, 0.05) is 21.3 Å². The summed E-state index contributed by atoms with van der Waals surface area (Å²) in [5.74, 6) is -0.124. The number of benzene rings is 4. The molecule has 4 aromatic carbocycles. The minimum absolute atomic E-state index is 0.0833. The zero-order chi connectivity index (χ0) is 22.5. The lowest BCUT2D eigenvalue weighted by Crippen LogP contribution is -2.14. The van der Waals surface area contributed by atoms with Crippen LogP contribution in [-0.2, 0) is 4.79 Å². The van der Waals surface area contributed by atoms with Gasteiger partial charge in [-0.1, -0.05) is 53.5 Å². The van der Waals surface area contributed by atoms with Crippen molar-refractivity contribution in [3.05, 3.63) is 101 Å². The second-order valence-electron chi connectivity index (χ2n) is 7.00. The van der Waals surface area contributed by atoms with E-state index in [-0.39, 0.29) is 17.6 Å². The van der Waals surface area contributed by atoms with Crippen molar-refractivity contribution in [1.29, 1.82) is 0 Å². The summed E-state index contributed by atoms with van der Waals surface area (Å²) in [4.78, 5) is 25.7. The van der Waals surface area contributed by atoms with E-state index >= 15 is 0 Å². The number of carbonyl (C=O) groups is 2. The Kier molecular flexibility index (Phi) is 7.00. The highest BCUT2D eigenvalue weighted by Gasteiger charge is 2.11. The summed E-state index contributed by atoms with van der Waals surface area (Å²) >= 11 is 13.4. The Morgan fingerprint density at radius 3 is 2.22 bits per heavy atom. The molecule has 4 rings (SSSR count). The lowest BCUT2D eigenvalue weighted by molar-refractivity contribution is -0.113. The first-order valence-corrected chi connectivity index (χ1v) is 11.5. The van der Waals surface area contributed by atoms with Crippen LogP contribution in [0.4, 0.5) is 11.4 Å². The van der Waals surface area contributed by atoms with Crippen LogP contribution in [0.5, 0.6) is 0 Å². The molecule has 0 aliphatic heterocycles. The van der Waals surface area contributed by atoms with Crippen LogP contribution in [0.3, 0.4) is 0 Å². The van der Waals surface area contributed by atoms with E-state index in [1.54, 1.807) is 24.3 Å². The summed E-state index contributed by atoms with van der Waals surface area (Å²) < 4.78 is 0. The Morgan fingerprint density at radius 2 is 1.47 bits per heavy atom. The monoisotopic (exact) mass is 480 g/mol. The van der Waals surface area contributed by atoms with Gasteiger partial charge in [0.1, 0.15) is 0 Å². The van der Waals surface area contributed by atoms with E-state index in [1.807, 2.05) is 54.6 Å². The van der Waals surface area contributed by atoms with Crippen molar-refractivity contribution in [2.75, 3.05) is 16.4 Å². The molecule has 0 bridgehead atoms. The van der Waals surface area contributed by atoms with Gasteiger partial charge in [0.25, 0.3) is 5.91 Å². The number of anilines is 2. The number of carbonyl (C=O) groups excluding carboxylic acids is 2. The maximum absolute atomic E-state index is 12.4. The van der Waals surface area contributed by atoms with Crippen LogP contribution in [0.1, 0.15) is 10.4 Å². The molecule has 7 heteroatoms. The molecule has 4 aromatic rings. The van der Waals surface area contributed by atoms with Crippen molar-refractivity contribution in [1.82, 2.24) is 0 Å². The highest BCUT2D eigenvalue weighted by Crippen LogP contribution is 2.24. The van der Waals surface area contributed by atoms with Gasteiger partial charge in [-0.25, -0.2) is 0 Å². The molecule has 0 atom stereocenters. The lowest BCUT2D eigenvalue weighted by atomic mass is 10.1. The van der Waals surface area contributed by atoms with E-state index in [1.165, 1.54) is 17.8 Å². The van der Waals surface area contributed by atoms with Crippen molar-refractivity contribution >= 4 is 68.9 Å². The summed E-state index contributed by atoms with van der Waals surface area (Å²) in [5, 5.41) is 8.70. The summed E-state index contributed by atoms with van der Waals surface area (Å²) in [7, 11) is 0. The predicted molar refractivity (Wildman–Crippen MR) is 134 cm³/mol. The normalized spacial score (nSPS) is 10.7. The molecule has 0 radical (unpaired) electrons. The van der Waals surface area contributed by atoms with Crippen molar-refractivity contribution in [3.63, 3.8) is 0 Å². The average Bonchev–Trinajstić information content (AvgIpc) is 2.78. The molecule has 0 heterocycles. The van der Waals surface area contributed by atoms with Gasteiger partial charge in [-0.2, -0.15) is 0 Å². The Labute approximate surface area is 199 Å². The van der Waals surface area contributed by atoms with Crippen LogP contribution in [0, 0.1) is 0 Å². The standard InChI is InChI=1S/C25H18Cl2N2O2S/c26-18-6-12-22(23(27)14-18)25(31)29-19-8-10-21(11-9-19)32-15-24(30)28-20-7-5-16-3-1-2-4-17(16)13-20/h1-14H,15H2,(H,28,30)(H,29,31). The molecule has 2 amide bonds. The molecule has 0 saturated heterocycles. The van der Waals surface area contributed by atoms with Crippen molar-refractivity contribution in [3.8, 4) is 0 Å². The number of nitrogens with one attached hydrogen (secondary N) is 2. The first-order valence-electron chi connectivity index (χ1n) is 9.76. The number of amides is 2. The van der Waals surface area contributed by atoms with E-state index in [4.69, 9.17) is 23.2 Å². The van der Waals surface area contributed by atoms with Crippen LogP contribution < -0.4 is 10.6 Å². The molecule has 0 aliphatic carbocycles. The Hall–Kier alpha value is -2.99. The van der Waals surface area contributed by atoms with Crippen LogP contribution in [0.25, 0.3) is 10.8 Å². The Morgan fingerprint density at radius 1 is 0.750 bits per heavy atom. The number of hydrogen-bond donors (Lipinski definition) is 2. The van der Waals surface area contributed by atoms with E-state index in [0.29, 0.717) is 21.3 Å². The first-order chi connectivity index (χ1) is 15.5. The van der Waals surface area contributed by atoms with Gasteiger partial charge in [-0.05, 0) is 65.4 Å². The largest absolute Gasteiger partial charge is 0.325 e. The lowest BCUT2D eigenvalue weighted by Gasteiger charge is -2.09. The molecule has 0 fully saturated rings. The van der Waals surface area contributed by atoms with E-state index in [2.05, 4.69) is 10.6 Å². The molecule has 0 aromatic heterocycles. The number of rotatable bonds is 6. The van der Waals surface area contributed by atoms with Gasteiger partial charge in [0.05, 0.1) is 16.3 Å². The third-order valence-corrected chi connectivity index (χ3v) is 6.25. The van der Waals surface area contributed by atoms with Gasteiger partial charge in [-0.3, -0.25) is 9.59 Å². The van der Waals surface area contributed by atoms with Crippen molar-refractivity contribution < 1.29 is 9.59 Å². The summed E-state index contributed by atoms with van der Waals surface area (Å²) in [6.07, 6.45) is 0. The van der Waals surface area contributed by atoms with Gasteiger partial charge in [0.2, 0.25) is 5.91 Å². The molecule has 0 aliphatic rings. The van der Waals surface area contributed by atoms with Gasteiger partial charge < -0.3 is 10.6 Å². The zero-order valence-electron chi connectivity index (χ0n) is 16.8. The minimum atomic E-state index is -0.318. The minimum Gasteiger partial charge on any atom is -0.325 e. The van der Waals surface area contributed by atoms with Crippen molar-refractivity contribution in [2.45, 2.75) is 4.90 Å². The fraction of sp³-hybridized carbons (Fsp3) is 0.0400. The topological polar surface area (TPSA) is 58.2 Å². The van der Waals surface area contributed by atoms with Crippen LogP contribution >= 0.6 is 35.0 Å². The maximum Gasteiger partial charge on any atom is 0.257 e. The zero-order valence-corrected chi connectivity index (χ0v) is 19.1. The molecule has 32 heavy (non-hydrogen) atoms. The smallest absolute Gasteiger partial charge is 0.257 e. The highest BCUT2D eigenvalue weighted by atomic mass is 35.5. The number of hydrogen-bond acceptors (Lipinski definition) is 3. The van der Waals surface area contributed by atoms with E-state index in [9.17, 15) is 9.59 Å². The van der Waals surface area contributed by atoms with Crippen LogP contribution in [-0.4, -0.2) is 17.6 Å². The Bertz CT molecular complexity index is 1290. The van der Waals surface area contributed by atoms with Crippen LogP contribution in [0.2, 0.25) is 10.0 Å². The van der Waals surface area contributed by atoms with Crippen LogP contribution in [0.15, 0.2) is 89.8 Å². The molecule has 0 spiro atoms. The number of halogens is 2. The SMILES string of the molecule is O=C(CSc1ccc(NC(=O)c2ccc(Cl)cc2Cl)cc1)Nc1ccc2ccccc2c1. The molecular weight excluding hydrogens is 463 g/mol. The second-order valence-corrected chi connectivity index (χ2v) is 8.89. The van der Waals surface area contributed by atoms with E-state index in [0.717, 1.165) is 21.4 Å². The quantitative estimate of drug-likeness (QED) is 0.288. The first kappa shape index (κ1) is 22.2. The van der Waals surface area contributed by atoms with Gasteiger partial charge in [-0.15, -0.1) is 11.8 Å². The third-order valence-electron chi connectivity index (χ3n) is 4.69. The molecule has 0 saturated carbocycles. The Balaban J connectivity index is 1.31. The summed E-state index contributed by atoms with van der Waals surface area (Å²) in [6.45, 7) is 0. The maximum atomic E-state index is 12.4. The fourth-order valence-corrected chi connectivity index (χ4v) is 4.31. The van der Waals surface area contributed by atoms with Gasteiger partial charge >= 0.3 is 0 Å². The highest BCUT2D eigenvalue weighted by molar-refractivity contribution is 8.00. The predicted octanol–water partition coefficient (Wildman–Crippen LogP) is 7.13. The number of thioether (sulfide) groups is 1. The fourth-order valence-electron chi connectivity index (χ4n) is 3.12. The molecule has 0 unspecified atom stereocenters. The second kappa shape index (κ2) is 10.1. The average molecular weight is 481 g/mol. The number of fused-ring (bicyclic) bond motifs is 1.